The van der Waals surface area contributed by atoms with Crippen LogP contribution in [0.15, 0.2) is 83.8 Å². The number of carbonyl (C=O) groups excluding carboxylic acids is 2. The fourth-order valence-corrected chi connectivity index (χ4v) is 5.43. The monoisotopic (exact) mass is 625 g/mol. The maximum atomic E-state index is 13.5. The fourth-order valence-electron chi connectivity index (χ4n) is 4.22. The first-order chi connectivity index (χ1) is 20.6. The molecule has 3 rings (SSSR count). The van der Waals surface area contributed by atoms with Crippen LogP contribution in [0.2, 0.25) is 0 Å². The van der Waals surface area contributed by atoms with Crippen molar-refractivity contribution in [1.29, 1.82) is 0 Å². The number of non-ortho nitro benzene ring substituents is 1. The van der Waals surface area contributed by atoms with Crippen molar-refractivity contribution >= 4 is 27.6 Å². The number of benzene rings is 3. The fraction of sp³-hybridized carbons (Fsp3) is 0.375. The van der Waals surface area contributed by atoms with E-state index in [-0.39, 0.29) is 29.3 Å². The Balaban J connectivity index is 1.78. The highest BCUT2D eigenvalue weighted by Gasteiger charge is 2.32. The molecule has 0 spiro atoms. The summed E-state index contributed by atoms with van der Waals surface area (Å²) < 4.78 is 40.1. The highest BCUT2D eigenvalue weighted by molar-refractivity contribution is 7.89. The van der Waals surface area contributed by atoms with E-state index in [9.17, 15) is 28.1 Å². The molecule has 0 saturated carbocycles. The van der Waals surface area contributed by atoms with Crippen molar-refractivity contribution in [2.24, 2.45) is 5.92 Å². The van der Waals surface area contributed by atoms with Gasteiger partial charge in [0, 0.05) is 18.6 Å². The Morgan fingerprint density at radius 3 is 2.05 bits per heavy atom. The Kier molecular flexibility index (Phi) is 11.6. The van der Waals surface area contributed by atoms with Crippen molar-refractivity contribution in [3.63, 3.8) is 0 Å². The average Bonchev–Trinajstić information content (AvgIpc) is 2.95. The number of nitro benzene ring substituents is 1. The van der Waals surface area contributed by atoms with Gasteiger partial charge in [0.15, 0.2) is 0 Å². The summed E-state index contributed by atoms with van der Waals surface area (Å²) in [6, 6.07) is 18.8. The summed E-state index contributed by atoms with van der Waals surface area (Å²) >= 11 is 0. The largest absolute Gasteiger partial charge is 0.489 e. The van der Waals surface area contributed by atoms with Gasteiger partial charge in [0.2, 0.25) is 15.9 Å². The van der Waals surface area contributed by atoms with Crippen LogP contribution in [0.4, 0.5) is 5.69 Å². The van der Waals surface area contributed by atoms with E-state index < -0.39 is 44.5 Å². The minimum absolute atomic E-state index is 0.0864. The quantitative estimate of drug-likeness (QED) is 0.145. The third kappa shape index (κ3) is 10.8. The second kappa shape index (κ2) is 14.9. The third-order valence-electron chi connectivity index (χ3n) is 6.30. The lowest BCUT2D eigenvalue weighted by atomic mass is 10.0. The van der Waals surface area contributed by atoms with E-state index in [1.807, 2.05) is 44.2 Å². The predicted octanol–water partition coefficient (Wildman–Crippen LogP) is 4.94. The zero-order valence-electron chi connectivity index (χ0n) is 25.5. The number of nitrogens with zero attached hydrogens (tertiary/aromatic N) is 1. The molecule has 0 aliphatic rings. The number of sulfonamides is 1. The van der Waals surface area contributed by atoms with Crippen LogP contribution in [-0.4, -0.2) is 42.9 Å². The van der Waals surface area contributed by atoms with Gasteiger partial charge in [-0.1, -0.05) is 56.3 Å². The molecule has 0 bridgehead atoms. The molecule has 0 aliphatic heterocycles. The first-order valence-electron chi connectivity index (χ1n) is 14.2. The number of esters is 1. The normalized spacial score (nSPS) is 13.1. The molecule has 2 N–H and O–H groups in total. The number of hydrogen-bond acceptors (Lipinski definition) is 8. The average molecular weight is 626 g/mol. The molecule has 44 heavy (non-hydrogen) atoms. The summed E-state index contributed by atoms with van der Waals surface area (Å²) in [6.07, 6.45) is 0.218. The molecular weight excluding hydrogens is 586 g/mol. The van der Waals surface area contributed by atoms with E-state index in [4.69, 9.17) is 9.47 Å². The highest BCUT2D eigenvalue weighted by Crippen LogP contribution is 2.19. The Labute approximate surface area is 258 Å². The van der Waals surface area contributed by atoms with Gasteiger partial charge < -0.3 is 14.8 Å². The zero-order valence-corrected chi connectivity index (χ0v) is 26.3. The maximum Gasteiger partial charge on any atom is 0.329 e. The minimum Gasteiger partial charge on any atom is -0.489 e. The number of nitro groups is 1. The van der Waals surface area contributed by atoms with Gasteiger partial charge in [-0.2, -0.15) is 4.72 Å². The molecule has 3 aromatic carbocycles. The molecule has 1 amide bonds. The number of nitrogens with one attached hydrogen (secondary N) is 2. The highest BCUT2D eigenvalue weighted by atomic mass is 32.2. The van der Waals surface area contributed by atoms with Crippen molar-refractivity contribution in [1.82, 2.24) is 10.0 Å². The smallest absolute Gasteiger partial charge is 0.329 e. The van der Waals surface area contributed by atoms with E-state index in [0.29, 0.717) is 12.4 Å². The van der Waals surface area contributed by atoms with Gasteiger partial charge in [-0.05, 0) is 68.5 Å². The molecule has 11 nitrogen and oxygen atoms in total. The van der Waals surface area contributed by atoms with E-state index in [2.05, 4.69) is 10.0 Å². The maximum absolute atomic E-state index is 13.5. The zero-order chi connectivity index (χ0) is 32.5. The number of carbonyl (C=O) groups is 2. The van der Waals surface area contributed by atoms with Crippen molar-refractivity contribution in [2.45, 2.75) is 76.6 Å². The molecule has 2 unspecified atom stereocenters. The lowest BCUT2D eigenvalue weighted by Gasteiger charge is -2.27. The minimum atomic E-state index is -4.23. The van der Waals surface area contributed by atoms with Crippen LogP contribution in [0.3, 0.4) is 0 Å². The molecule has 3 aromatic rings. The standard InChI is InChI=1S/C32H39N3O8S/c1-22(2)19-28(34-44(40,41)27-17-13-25(14-18-27)35(38)39)30(36)33-29(31(37)43-32(3,4)5)20-23-11-15-26(16-12-23)42-21-24-9-7-6-8-10-24/h6-18,22,28-29,34H,19-21H2,1-5H3,(H,33,36). The molecule has 236 valence electrons. The molecule has 0 aromatic heterocycles. The van der Waals surface area contributed by atoms with Gasteiger partial charge in [0.25, 0.3) is 5.69 Å². The predicted molar refractivity (Wildman–Crippen MR) is 165 cm³/mol. The molecule has 0 saturated heterocycles. The summed E-state index contributed by atoms with van der Waals surface area (Å²) in [4.78, 5) is 36.8. The summed E-state index contributed by atoms with van der Waals surface area (Å²) in [7, 11) is -4.23. The van der Waals surface area contributed by atoms with Crippen molar-refractivity contribution in [2.75, 3.05) is 0 Å². The number of amides is 1. The first-order valence-corrected chi connectivity index (χ1v) is 15.7. The number of rotatable bonds is 14. The van der Waals surface area contributed by atoms with Crippen LogP contribution < -0.4 is 14.8 Å². The second-order valence-electron chi connectivity index (χ2n) is 11.8. The van der Waals surface area contributed by atoms with Crippen LogP contribution in [0.1, 0.15) is 52.2 Å². The second-order valence-corrected chi connectivity index (χ2v) is 13.5. The van der Waals surface area contributed by atoms with Crippen LogP contribution >= 0.6 is 0 Å². The summed E-state index contributed by atoms with van der Waals surface area (Å²) in [6.45, 7) is 9.18. The van der Waals surface area contributed by atoms with E-state index >= 15 is 0 Å². The Hall–Kier alpha value is -4.29. The number of hydrogen-bond donors (Lipinski definition) is 2. The van der Waals surface area contributed by atoms with Gasteiger partial charge >= 0.3 is 5.97 Å². The lowest BCUT2D eigenvalue weighted by Crippen LogP contribution is -2.53. The summed E-state index contributed by atoms with van der Waals surface area (Å²) in [5.74, 6) is -0.832. The van der Waals surface area contributed by atoms with Gasteiger partial charge in [-0.3, -0.25) is 14.9 Å². The topological polar surface area (TPSA) is 154 Å². The Morgan fingerprint density at radius 1 is 0.886 bits per heavy atom. The van der Waals surface area contributed by atoms with Crippen molar-refractivity contribution < 1.29 is 32.4 Å². The van der Waals surface area contributed by atoms with Gasteiger partial charge in [-0.25, -0.2) is 13.2 Å². The van der Waals surface area contributed by atoms with Crippen LogP contribution in [0.5, 0.6) is 5.75 Å². The van der Waals surface area contributed by atoms with Crippen LogP contribution in [0.25, 0.3) is 0 Å². The first kappa shape index (κ1) is 34.2. The molecule has 0 heterocycles. The van der Waals surface area contributed by atoms with Crippen molar-refractivity contribution in [3.8, 4) is 5.75 Å². The molecule has 0 aliphatic carbocycles. The van der Waals surface area contributed by atoms with E-state index in [1.165, 1.54) is 0 Å². The van der Waals surface area contributed by atoms with Crippen LogP contribution in [-0.2, 0) is 37.4 Å². The van der Waals surface area contributed by atoms with Crippen LogP contribution in [0, 0.1) is 16.0 Å². The summed E-state index contributed by atoms with van der Waals surface area (Å²) in [5, 5.41) is 13.7. The Morgan fingerprint density at radius 2 is 1.50 bits per heavy atom. The van der Waals surface area contributed by atoms with E-state index in [0.717, 1.165) is 35.4 Å². The van der Waals surface area contributed by atoms with Gasteiger partial charge in [0.1, 0.15) is 30.0 Å². The van der Waals surface area contributed by atoms with Gasteiger partial charge in [0.05, 0.1) is 9.82 Å². The molecular formula is C32H39N3O8S. The van der Waals surface area contributed by atoms with E-state index in [1.54, 1.807) is 45.0 Å². The lowest BCUT2D eigenvalue weighted by molar-refractivity contribution is -0.384. The Bertz CT molecular complexity index is 1520. The van der Waals surface area contributed by atoms with Gasteiger partial charge in [-0.15, -0.1) is 0 Å². The van der Waals surface area contributed by atoms with Crippen molar-refractivity contribution in [3.05, 3.63) is 100 Å². The molecule has 0 radical (unpaired) electrons. The number of ether oxygens (including phenoxy) is 2. The summed E-state index contributed by atoms with van der Waals surface area (Å²) in [5.41, 5.74) is 0.644. The SMILES string of the molecule is CC(C)CC(NS(=O)(=O)c1ccc([N+](=O)[O-])cc1)C(=O)NC(Cc1ccc(OCc2ccccc2)cc1)C(=O)OC(C)(C)C. The molecule has 2 atom stereocenters. The molecule has 0 fully saturated rings. The third-order valence-corrected chi connectivity index (χ3v) is 7.79. The molecule has 12 heteroatoms.